The molecule has 2 nitrogen and oxygen atoms in total. The highest BCUT2D eigenvalue weighted by Crippen LogP contribution is 2.39. The van der Waals surface area contributed by atoms with Crippen LogP contribution in [0, 0.1) is 22.9 Å². The number of pyridine rings is 1. The Morgan fingerprint density at radius 3 is 2.17 bits per heavy atom. The minimum Gasteiger partial charge on any atom is -0.396 e. The lowest BCUT2D eigenvalue weighted by atomic mass is 10.1. The quantitative estimate of drug-likeness (QED) is 0.663. The summed E-state index contributed by atoms with van der Waals surface area (Å²) >= 11 is 0. The van der Waals surface area contributed by atoms with Gasteiger partial charge in [0, 0.05) is 18.4 Å². The third-order valence-corrected chi connectivity index (χ3v) is 9.54. The van der Waals surface area contributed by atoms with Crippen molar-refractivity contribution in [1.82, 2.24) is 4.98 Å². The molecule has 0 aliphatic carbocycles. The first-order valence-corrected chi connectivity index (χ1v) is 14.6. The summed E-state index contributed by atoms with van der Waals surface area (Å²) in [4.78, 5) is 4.40. The summed E-state index contributed by atoms with van der Waals surface area (Å²) in [5.74, 6) is 6.44. The molecule has 124 valence electrons. The van der Waals surface area contributed by atoms with Crippen LogP contribution in [-0.2, 0) is 0 Å². The zero-order valence-corrected chi connectivity index (χ0v) is 17.5. The van der Waals surface area contributed by atoms with Gasteiger partial charge in [0.25, 0.3) is 0 Å². The Labute approximate surface area is 143 Å². The molecule has 0 saturated heterocycles. The summed E-state index contributed by atoms with van der Waals surface area (Å²) in [6.45, 7) is 15.8. The second-order valence-electron chi connectivity index (χ2n) is 8.16. The summed E-state index contributed by atoms with van der Waals surface area (Å²) in [6, 6.07) is 3.95. The van der Waals surface area contributed by atoms with Gasteiger partial charge in [-0.2, -0.15) is 0 Å². The van der Waals surface area contributed by atoms with Crippen LogP contribution in [0.15, 0.2) is 18.3 Å². The minimum atomic E-state index is -1.76. The SMILES string of the molecule is CC(C)(CCO)[Si](C)(C)C#Cc1ccc(C#C[Si](C)(C)C)nc1. The summed E-state index contributed by atoms with van der Waals surface area (Å²) in [5, 5.41) is 9.33. The van der Waals surface area contributed by atoms with Crippen LogP contribution in [0.3, 0.4) is 0 Å². The first-order valence-electron chi connectivity index (χ1n) is 8.10. The van der Waals surface area contributed by atoms with Gasteiger partial charge in [0.05, 0.1) is 0 Å². The van der Waals surface area contributed by atoms with Crippen LogP contribution in [0.2, 0.25) is 37.8 Å². The Kier molecular flexibility index (Phi) is 6.42. The third kappa shape index (κ3) is 6.35. The molecule has 0 unspecified atom stereocenters. The van der Waals surface area contributed by atoms with Gasteiger partial charge in [-0.15, -0.1) is 11.1 Å². The highest BCUT2D eigenvalue weighted by atomic mass is 28.3. The number of aromatic nitrogens is 1. The maximum absolute atomic E-state index is 9.24. The van der Waals surface area contributed by atoms with Crippen molar-refractivity contribution in [2.45, 2.75) is 58.0 Å². The van der Waals surface area contributed by atoms with Gasteiger partial charge >= 0.3 is 0 Å². The van der Waals surface area contributed by atoms with Gasteiger partial charge in [0.15, 0.2) is 0 Å². The molecule has 1 heterocycles. The molecule has 0 saturated carbocycles. The van der Waals surface area contributed by atoms with E-state index in [1.807, 2.05) is 18.3 Å². The normalized spacial score (nSPS) is 12.0. The van der Waals surface area contributed by atoms with Gasteiger partial charge in [-0.25, -0.2) is 4.98 Å². The second kappa shape index (κ2) is 7.49. The van der Waals surface area contributed by atoms with Crippen molar-refractivity contribution in [3.63, 3.8) is 0 Å². The number of hydrogen-bond acceptors (Lipinski definition) is 2. The molecule has 0 fully saturated rings. The number of aliphatic hydroxyl groups excluding tert-OH is 1. The van der Waals surface area contributed by atoms with Gasteiger partial charge in [-0.1, -0.05) is 58.4 Å². The number of aliphatic hydroxyl groups is 1. The lowest BCUT2D eigenvalue weighted by Crippen LogP contribution is -2.38. The predicted octanol–water partition coefficient (Wildman–Crippen LogP) is 4.07. The maximum Gasteiger partial charge on any atom is 0.138 e. The van der Waals surface area contributed by atoms with E-state index in [9.17, 15) is 5.11 Å². The number of nitrogens with zero attached hydrogens (tertiary/aromatic N) is 1. The average molecular weight is 344 g/mol. The number of hydrogen-bond donors (Lipinski definition) is 1. The van der Waals surface area contributed by atoms with E-state index in [1.54, 1.807) is 0 Å². The van der Waals surface area contributed by atoms with E-state index >= 15 is 0 Å². The topological polar surface area (TPSA) is 33.1 Å². The van der Waals surface area contributed by atoms with Crippen molar-refractivity contribution in [2.75, 3.05) is 6.61 Å². The fourth-order valence-electron chi connectivity index (χ4n) is 1.78. The van der Waals surface area contributed by atoms with Crippen molar-refractivity contribution in [2.24, 2.45) is 0 Å². The van der Waals surface area contributed by atoms with Crippen molar-refractivity contribution in [3.05, 3.63) is 29.6 Å². The molecule has 0 bridgehead atoms. The van der Waals surface area contributed by atoms with E-state index in [1.165, 1.54) is 0 Å². The molecule has 1 aromatic rings. The summed E-state index contributed by atoms with van der Waals surface area (Å²) < 4.78 is 0. The molecule has 1 aromatic heterocycles. The molecular formula is C19H29NOSi2. The second-order valence-corrected chi connectivity index (χ2v) is 17.8. The van der Waals surface area contributed by atoms with E-state index in [-0.39, 0.29) is 11.6 Å². The zero-order chi connectivity index (χ0) is 17.7. The lowest BCUT2D eigenvalue weighted by molar-refractivity contribution is 0.269. The van der Waals surface area contributed by atoms with Gasteiger partial charge in [0.1, 0.15) is 21.8 Å². The zero-order valence-electron chi connectivity index (χ0n) is 15.5. The molecule has 0 aliphatic heterocycles. The Bertz CT molecular complexity index is 647. The number of rotatable bonds is 3. The average Bonchev–Trinajstić information content (AvgIpc) is 2.43. The van der Waals surface area contributed by atoms with E-state index in [4.69, 9.17) is 0 Å². The predicted molar refractivity (Wildman–Crippen MR) is 105 cm³/mol. The Morgan fingerprint density at radius 2 is 1.70 bits per heavy atom. The molecule has 23 heavy (non-hydrogen) atoms. The van der Waals surface area contributed by atoms with Crippen LogP contribution in [0.25, 0.3) is 0 Å². The Balaban J connectivity index is 2.93. The van der Waals surface area contributed by atoms with Crippen LogP contribution in [0.4, 0.5) is 0 Å². The van der Waals surface area contributed by atoms with E-state index in [0.29, 0.717) is 0 Å². The van der Waals surface area contributed by atoms with E-state index in [2.05, 4.69) is 74.5 Å². The van der Waals surface area contributed by atoms with Crippen LogP contribution in [0.5, 0.6) is 0 Å². The smallest absolute Gasteiger partial charge is 0.138 e. The van der Waals surface area contributed by atoms with Crippen LogP contribution in [-0.4, -0.2) is 32.8 Å². The molecule has 0 spiro atoms. The lowest BCUT2D eigenvalue weighted by Gasteiger charge is -2.35. The van der Waals surface area contributed by atoms with Gasteiger partial charge < -0.3 is 5.11 Å². The highest BCUT2D eigenvalue weighted by molar-refractivity contribution is 6.87. The Hall–Kier alpha value is -1.34. The maximum atomic E-state index is 9.24. The van der Waals surface area contributed by atoms with Crippen LogP contribution >= 0.6 is 0 Å². The summed E-state index contributed by atoms with van der Waals surface area (Å²) in [5.41, 5.74) is 8.56. The van der Waals surface area contributed by atoms with E-state index < -0.39 is 16.1 Å². The standard InChI is InChI=1S/C19H29NOSi2/c1-19(2,12-13-21)23(6,7)15-10-17-8-9-18(20-16-17)11-14-22(3,4)5/h8-9,16,21H,12-13H2,1-7H3. The minimum absolute atomic E-state index is 0.0882. The molecule has 0 atom stereocenters. The van der Waals surface area contributed by atoms with Crippen molar-refractivity contribution in [3.8, 4) is 22.9 Å². The van der Waals surface area contributed by atoms with Crippen molar-refractivity contribution in [1.29, 1.82) is 0 Å². The fraction of sp³-hybridized carbons (Fsp3) is 0.526. The van der Waals surface area contributed by atoms with E-state index in [0.717, 1.165) is 17.7 Å². The highest BCUT2D eigenvalue weighted by Gasteiger charge is 2.37. The molecule has 0 amide bonds. The molecule has 0 aromatic carbocycles. The first-order chi connectivity index (χ1) is 10.5. The summed E-state index contributed by atoms with van der Waals surface area (Å²) in [7, 11) is -3.13. The van der Waals surface area contributed by atoms with Crippen molar-refractivity contribution < 1.29 is 5.11 Å². The molecule has 1 N–H and O–H groups in total. The third-order valence-electron chi connectivity index (χ3n) is 4.28. The van der Waals surface area contributed by atoms with Gasteiger partial charge in [0.2, 0.25) is 0 Å². The molecule has 1 rings (SSSR count). The molecule has 0 radical (unpaired) electrons. The molecule has 4 heteroatoms. The van der Waals surface area contributed by atoms with Crippen LogP contribution < -0.4 is 0 Å². The van der Waals surface area contributed by atoms with Gasteiger partial charge in [-0.05, 0) is 23.6 Å². The largest absolute Gasteiger partial charge is 0.396 e. The molecular weight excluding hydrogens is 314 g/mol. The monoisotopic (exact) mass is 343 g/mol. The van der Waals surface area contributed by atoms with Gasteiger partial charge in [-0.3, -0.25) is 0 Å². The van der Waals surface area contributed by atoms with Crippen molar-refractivity contribution >= 4 is 16.1 Å². The summed E-state index contributed by atoms with van der Waals surface area (Å²) in [6.07, 6.45) is 2.61. The first kappa shape index (κ1) is 19.7. The molecule has 0 aliphatic rings. The fourth-order valence-corrected chi connectivity index (χ4v) is 3.82. The van der Waals surface area contributed by atoms with Crippen LogP contribution in [0.1, 0.15) is 31.5 Å². The Morgan fingerprint density at radius 1 is 1.04 bits per heavy atom.